The summed E-state index contributed by atoms with van der Waals surface area (Å²) in [6.45, 7) is 4.81. The second-order valence-electron chi connectivity index (χ2n) is 4.78. The molecule has 4 nitrogen and oxygen atoms in total. The third-order valence-corrected chi connectivity index (χ3v) is 2.82. The molecule has 1 amide bonds. The Hall–Kier alpha value is -1.94. The molecule has 2 aromatic rings. The number of fused-ring (bicyclic) bond motifs is 1. The molecule has 0 saturated carbocycles. The smallest absolute Gasteiger partial charge is 0.225 e. The largest absolute Gasteiger partial charge is 0.325 e. The van der Waals surface area contributed by atoms with Crippen molar-refractivity contribution in [3.63, 3.8) is 0 Å². The lowest BCUT2D eigenvalue weighted by Crippen LogP contribution is -2.27. The maximum Gasteiger partial charge on any atom is 0.225 e. The molecular formula is C15H19N3O. The van der Waals surface area contributed by atoms with Gasteiger partial charge in [-0.3, -0.25) is 9.78 Å². The molecule has 4 heteroatoms. The lowest BCUT2D eigenvalue weighted by atomic mass is 10.2. The van der Waals surface area contributed by atoms with E-state index in [1.54, 1.807) is 6.20 Å². The summed E-state index contributed by atoms with van der Waals surface area (Å²) in [5.74, 6) is 0.0181. The van der Waals surface area contributed by atoms with E-state index in [0.29, 0.717) is 19.0 Å². The molecule has 0 aliphatic rings. The van der Waals surface area contributed by atoms with Crippen molar-refractivity contribution in [3.8, 4) is 0 Å². The van der Waals surface area contributed by atoms with Crippen LogP contribution in [0.3, 0.4) is 0 Å². The molecule has 0 fully saturated rings. The number of pyridine rings is 1. The van der Waals surface area contributed by atoms with E-state index in [0.717, 1.165) is 16.6 Å². The third kappa shape index (κ3) is 3.76. The molecule has 0 aliphatic carbocycles. The average molecular weight is 257 g/mol. The minimum atomic E-state index is 0.0181. The van der Waals surface area contributed by atoms with Crippen LogP contribution in [-0.4, -0.2) is 23.5 Å². The van der Waals surface area contributed by atoms with E-state index in [9.17, 15) is 4.79 Å². The maximum atomic E-state index is 11.9. The van der Waals surface area contributed by atoms with Crippen LogP contribution in [0.2, 0.25) is 0 Å². The molecule has 0 bridgehead atoms. The average Bonchev–Trinajstić information content (AvgIpc) is 2.39. The molecule has 1 aromatic carbocycles. The van der Waals surface area contributed by atoms with Crippen molar-refractivity contribution in [2.24, 2.45) is 0 Å². The molecule has 1 heterocycles. The van der Waals surface area contributed by atoms with Gasteiger partial charge in [-0.15, -0.1) is 0 Å². The molecule has 2 N–H and O–H groups in total. The fraction of sp³-hybridized carbons (Fsp3) is 0.333. The quantitative estimate of drug-likeness (QED) is 0.865. The van der Waals surface area contributed by atoms with Crippen molar-refractivity contribution < 1.29 is 4.79 Å². The van der Waals surface area contributed by atoms with Crippen LogP contribution in [0, 0.1) is 0 Å². The third-order valence-electron chi connectivity index (χ3n) is 2.82. The Morgan fingerprint density at radius 3 is 2.89 bits per heavy atom. The maximum absolute atomic E-state index is 11.9. The Morgan fingerprint density at radius 1 is 1.26 bits per heavy atom. The van der Waals surface area contributed by atoms with Crippen molar-refractivity contribution >= 4 is 22.5 Å². The van der Waals surface area contributed by atoms with E-state index in [4.69, 9.17) is 0 Å². The number of aromatic nitrogens is 1. The Bertz CT molecular complexity index is 561. The van der Waals surface area contributed by atoms with Gasteiger partial charge in [0.15, 0.2) is 0 Å². The number of carbonyl (C=O) groups excluding carboxylic acids is 1. The molecule has 19 heavy (non-hydrogen) atoms. The zero-order valence-corrected chi connectivity index (χ0v) is 11.3. The SMILES string of the molecule is CC(C)NCCC(=O)Nc1cccc2ncccc12. The van der Waals surface area contributed by atoms with E-state index < -0.39 is 0 Å². The number of amides is 1. The van der Waals surface area contributed by atoms with Crippen molar-refractivity contribution in [3.05, 3.63) is 36.5 Å². The zero-order valence-electron chi connectivity index (χ0n) is 11.3. The van der Waals surface area contributed by atoms with Gasteiger partial charge in [0, 0.05) is 30.6 Å². The van der Waals surface area contributed by atoms with Gasteiger partial charge in [0.2, 0.25) is 5.91 Å². The predicted molar refractivity (Wildman–Crippen MR) is 78.1 cm³/mol. The summed E-state index contributed by atoms with van der Waals surface area (Å²) in [7, 11) is 0. The molecule has 0 aliphatic heterocycles. The van der Waals surface area contributed by atoms with E-state index in [1.165, 1.54) is 0 Å². The number of nitrogens with zero attached hydrogens (tertiary/aromatic N) is 1. The van der Waals surface area contributed by atoms with Crippen LogP contribution in [0.25, 0.3) is 10.9 Å². The Balaban J connectivity index is 2.03. The van der Waals surface area contributed by atoms with Gasteiger partial charge in [0.1, 0.15) is 0 Å². The molecule has 0 spiro atoms. The van der Waals surface area contributed by atoms with Gasteiger partial charge in [0.05, 0.1) is 11.2 Å². The first-order chi connectivity index (χ1) is 9.16. The molecule has 100 valence electrons. The summed E-state index contributed by atoms with van der Waals surface area (Å²) in [6, 6.07) is 9.97. The van der Waals surface area contributed by atoms with Gasteiger partial charge in [-0.25, -0.2) is 0 Å². The molecule has 1 aromatic heterocycles. The van der Waals surface area contributed by atoms with Crippen molar-refractivity contribution in [2.75, 3.05) is 11.9 Å². The topological polar surface area (TPSA) is 54.0 Å². The van der Waals surface area contributed by atoms with E-state index in [2.05, 4.69) is 29.5 Å². The normalized spacial score (nSPS) is 10.9. The van der Waals surface area contributed by atoms with Gasteiger partial charge < -0.3 is 10.6 Å². The van der Waals surface area contributed by atoms with Gasteiger partial charge in [-0.2, -0.15) is 0 Å². The number of hydrogen-bond acceptors (Lipinski definition) is 3. The van der Waals surface area contributed by atoms with E-state index >= 15 is 0 Å². The Labute approximate surface area is 113 Å². The minimum absolute atomic E-state index is 0.0181. The van der Waals surface area contributed by atoms with Crippen LogP contribution in [-0.2, 0) is 4.79 Å². The van der Waals surface area contributed by atoms with E-state index in [1.807, 2.05) is 30.3 Å². The lowest BCUT2D eigenvalue weighted by Gasteiger charge is -2.10. The minimum Gasteiger partial charge on any atom is -0.325 e. The second kappa shape index (κ2) is 6.29. The lowest BCUT2D eigenvalue weighted by molar-refractivity contribution is -0.116. The fourth-order valence-electron chi connectivity index (χ4n) is 1.90. The number of nitrogens with one attached hydrogen (secondary N) is 2. The predicted octanol–water partition coefficient (Wildman–Crippen LogP) is 2.56. The number of benzene rings is 1. The van der Waals surface area contributed by atoms with Gasteiger partial charge >= 0.3 is 0 Å². The van der Waals surface area contributed by atoms with E-state index in [-0.39, 0.29) is 5.91 Å². The first kappa shape index (κ1) is 13.5. The highest BCUT2D eigenvalue weighted by Gasteiger charge is 2.06. The van der Waals surface area contributed by atoms with Crippen LogP contribution in [0.15, 0.2) is 36.5 Å². The number of hydrogen-bond donors (Lipinski definition) is 2. The molecule has 0 unspecified atom stereocenters. The molecule has 2 rings (SSSR count). The van der Waals surface area contributed by atoms with Crippen LogP contribution in [0.4, 0.5) is 5.69 Å². The van der Waals surface area contributed by atoms with Crippen LogP contribution < -0.4 is 10.6 Å². The van der Waals surface area contributed by atoms with Crippen molar-refractivity contribution in [1.82, 2.24) is 10.3 Å². The van der Waals surface area contributed by atoms with Crippen molar-refractivity contribution in [1.29, 1.82) is 0 Å². The Morgan fingerprint density at radius 2 is 2.11 bits per heavy atom. The van der Waals surface area contributed by atoms with Crippen LogP contribution in [0.5, 0.6) is 0 Å². The molecular weight excluding hydrogens is 238 g/mol. The van der Waals surface area contributed by atoms with Crippen LogP contribution in [0.1, 0.15) is 20.3 Å². The highest BCUT2D eigenvalue weighted by atomic mass is 16.1. The number of rotatable bonds is 5. The van der Waals surface area contributed by atoms with Crippen molar-refractivity contribution in [2.45, 2.75) is 26.3 Å². The summed E-state index contributed by atoms with van der Waals surface area (Å²) >= 11 is 0. The highest BCUT2D eigenvalue weighted by Crippen LogP contribution is 2.21. The first-order valence-electron chi connectivity index (χ1n) is 6.54. The summed E-state index contributed by atoms with van der Waals surface area (Å²) in [5, 5.41) is 7.13. The van der Waals surface area contributed by atoms with Gasteiger partial charge in [0.25, 0.3) is 0 Å². The number of carbonyl (C=O) groups is 1. The highest BCUT2D eigenvalue weighted by molar-refractivity contribution is 6.00. The summed E-state index contributed by atoms with van der Waals surface area (Å²) in [6.07, 6.45) is 2.22. The van der Waals surface area contributed by atoms with Crippen LogP contribution >= 0.6 is 0 Å². The first-order valence-corrected chi connectivity index (χ1v) is 6.54. The summed E-state index contributed by atoms with van der Waals surface area (Å²) in [5.41, 5.74) is 1.71. The number of anilines is 1. The monoisotopic (exact) mass is 257 g/mol. The zero-order chi connectivity index (χ0) is 13.7. The van der Waals surface area contributed by atoms with Gasteiger partial charge in [-0.05, 0) is 24.3 Å². The second-order valence-corrected chi connectivity index (χ2v) is 4.78. The standard InChI is InChI=1S/C15H19N3O/c1-11(2)16-10-8-15(19)18-14-7-3-6-13-12(14)5-4-9-17-13/h3-7,9,11,16H,8,10H2,1-2H3,(H,18,19). The van der Waals surface area contributed by atoms with Gasteiger partial charge in [-0.1, -0.05) is 19.9 Å². The molecule has 0 radical (unpaired) electrons. The molecule has 0 saturated heterocycles. The molecule has 0 atom stereocenters. The summed E-state index contributed by atoms with van der Waals surface area (Å²) < 4.78 is 0. The fourth-order valence-corrected chi connectivity index (χ4v) is 1.90. The summed E-state index contributed by atoms with van der Waals surface area (Å²) in [4.78, 5) is 16.1. The Kier molecular flexibility index (Phi) is 4.47.